The molecule has 120 valence electrons. The van der Waals surface area contributed by atoms with E-state index in [0.717, 1.165) is 10.6 Å². The molecular formula is C16H22ClN3OS. The van der Waals surface area contributed by atoms with Gasteiger partial charge in [-0.1, -0.05) is 38.1 Å². The maximum atomic E-state index is 12.0. The Hall–Kier alpha value is -1.43. The predicted octanol–water partition coefficient (Wildman–Crippen LogP) is 3.12. The van der Waals surface area contributed by atoms with Crippen molar-refractivity contribution in [2.45, 2.75) is 32.7 Å². The quantitative estimate of drug-likeness (QED) is 0.849. The number of nitrogens with zero attached hydrogens (tertiary/aromatic N) is 1. The van der Waals surface area contributed by atoms with Crippen LogP contribution >= 0.6 is 23.7 Å². The normalized spacial score (nSPS) is 10.4. The van der Waals surface area contributed by atoms with Crippen molar-refractivity contribution in [3.05, 3.63) is 51.5 Å². The van der Waals surface area contributed by atoms with Gasteiger partial charge in [0.05, 0.1) is 5.01 Å². The first-order valence-corrected chi connectivity index (χ1v) is 7.99. The van der Waals surface area contributed by atoms with E-state index in [-0.39, 0.29) is 18.3 Å². The Morgan fingerprint density at radius 1 is 1.32 bits per heavy atom. The van der Waals surface area contributed by atoms with Crippen LogP contribution in [0.15, 0.2) is 29.6 Å². The van der Waals surface area contributed by atoms with E-state index in [1.165, 1.54) is 16.9 Å². The van der Waals surface area contributed by atoms with Crippen molar-refractivity contribution in [2.24, 2.45) is 5.73 Å². The number of hydrogen-bond donors (Lipinski definition) is 2. The number of halogens is 1. The summed E-state index contributed by atoms with van der Waals surface area (Å²) in [7, 11) is 0. The Labute approximate surface area is 141 Å². The van der Waals surface area contributed by atoms with Gasteiger partial charge in [-0.25, -0.2) is 4.98 Å². The van der Waals surface area contributed by atoms with E-state index < -0.39 is 0 Å². The summed E-state index contributed by atoms with van der Waals surface area (Å²) in [6.07, 6.45) is 0.717. The average Bonchev–Trinajstić information content (AvgIpc) is 2.94. The van der Waals surface area contributed by atoms with Crippen LogP contribution in [0.1, 0.15) is 46.4 Å². The number of thiazole rings is 1. The van der Waals surface area contributed by atoms with Gasteiger partial charge in [0.1, 0.15) is 5.69 Å². The lowest BCUT2D eigenvalue weighted by atomic mass is 10.0. The Balaban J connectivity index is 0.00000242. The molecule has 2 rings (SSSR count). The molecule has 1 heterocycles. The maximum absolute atomic E-state index is 12.0. The highest BCUT2D eigenvalue weighted by Gasteiger charge is 2.10. The van der Waals surface area contributed by atoms with Crippen molar-refractivity contribution in [3.63, 3.8) is 0 Å². The lowest BCUT2D eigenvalue weighted by molar-refractivity contribution is 0.0946. The van der Waals surface area contributed by atoms with Gasteiger partial charge in [0.2, 0.25) is 0 Å². The van der Waals surface area contributed by atoms with Gasteiger partial charge in [0.25, 0.3) is 5.91 Å². The van der Waals surface area contributed by atoms with E-state index in [2.05, 4.69) is 48.4 Å². The molecule has 6 heteroatoms. The van der Waals surface area contributed by atoms with E-state index in [1.54, 1.807) is 5.38 Å². The molecule has 0 aliphatic heterocycles. The smallest absolute Gasteiger partial charge is 0.271 e. The topological polar surface area (TPSA) is 68.0 Å². The van der Waals surface area contributed by atoms with Crippen LogP contribution < -0.4 is 11.1 Å². The Kier molecular flexibility index (Phi) is 7.51. The highest BCUT2D eigenvalue weighted by Crippen LogP contribution is 2.15. The number of benzene rings is 1. The average molecular weight is 340 g/mol. The van der Waals surface area contributed by atoms with E-state index in [0.29, 0.717) is 31.1 Å². The molecule has 0 unspecified atom stereocenters. The largest absolute Gasteiger partial charge is 0.347 e. The zero-order valence-electron chi connectivity index (χ0n) is 12.8. The summed E-state index contributed by atoms with van der Waals surface area (Å²) in [5, 5.41) is 5.58. The molecule has 1 amide bonds. The first kappa shape index (κ1) is 18.6. The van der Waals surface area contributed by atoms with Gasteiger partial charge >= 0.3 is 0 Å². The van der Waals surface area contributed by atoms with Crippen molar-refractivity contribution in [1.29, 1.82) is 0 Å². The van der Waals surface area contributed by atoms with Crippen molar-refractivity contribution >= 4 is 29.7 Å². The van der Waals surface area contributed by atoms with E-state index in [4.69, 9.17) is 5.73 Å². The molecule has 0 saturated heterocycles. The number of amides is 1. The Morgan fingerprint density at radius 2 is 2.00 bits per heavy atom. The van der Waals surface area contributed by atoms with Gasteiger partial charge in [0, 0.05) is 18.3 Å². The molecule has 0 spiro atoms. The lowest BCUT2D eigenvalue weighted by Crippen LogP contribution is -2.23. The van der Waals surface area contributed by atoms with Crippen molar-refractivity contribution in [2.75, 3.05) is 6.54 Å². The van der Waals surface area contributed by atoms with E-state index >= 15 is 0 Å². The third-order valence-electron chi connectivity index (χ3n) is 3.24. The first-order valence-electron chi connectivity index (χ1n) is 7.11. The first-order chi connectivity index (χ1) is 10.1. The SMILES string of the molecule is CC(C)c1ccc(CNC(=O)c2csc(CCN)n2)cc1.Cl. The molecule has 0 fully saturated rings. The Bertz CT molecular complexity index is 596. The molecular weight excluding hydrogens is 318 g/mol. The standard InChI is InChI=1S/C16H21N3OS.ClH/c1-11(2)13-5-3-12(4-6-13)9-18-16(20)14-10-21-15(19-14)7-8-17;/h3-6,10-11H,7-9,17H2,1-2H3,(H,18,20);1H. The fourth-order valence-corrected chi connectivity index (χ4v) is 2.74. The zero-order valence-corrected chi connectivity index (χ0v) is 14.5. The monoisotopic (exact) mass is 339 g/mol. The molecule has 2 aromatic rings. The summed E-state index contributed by atoms with van der Waals surface area (Å²) in [4.78, 5) is 16.3. The molecule has 0 atom stereocenters. The number of carbonyl (C=O) groups excluding carboxylic acids is 1. The second kappa shape index (κ2) is 8.88. The van der Waals surface area contributed by atoms with Gasteiger partial charge in [-0.05, 0) is 23.6 Å². The van der Waals surface area contributed by atoms with Crippen LogP contribution in [0.2, 0.25) is 0 Å². The van der Waals surface area contributed by atoms with Crippen LogP contribution in [0.4, 0.5) is 0 Å². The fourth-order valence-electron chi connectivity index (χ4n) is 1.95. The third-order valence-corrected chi connectivity index (χ3v) is 4.15. The molecule has 0 aliphatic carbocycles. The minimum atomic E-state index is -0.137. The van der Waals surface area contributed by atoms with Gasteiger partial charge in [-0.2, -0.15) is 0 Å². The maximum Gasteiger partial charge on any atom is 0.271 e. The molecule has 0 radical (unpaired) electrons. The minimum absolute atomic E-state index is 0. The second-order valence-electron chi connectivity index (χ2n) is 5.24. The van der Waals surface area contributed by atoms with E-state index in [1.807, 2.05) is 0 Å². The summed E-state index contributed by atoms with van der Waals surface area (Å²) >= 11 is 1.48. The van der Waals surface area contributed by atoms with Gasteiger partial charge < -0.3 is 11.1 Å². The molecule has 1 aromatic heterocycles. The number of aromatic nitrogens is 1. The minimum Gasteiger partial charge on any atom is -0.347 e. The number of hydrogen-bond acceptors (Lipinski definition) is 4. The molecule has 0 bridgehead atoms. The molecule has 0 saturated carbocycles. The summed E-state index contributed by atoms with van der Waals surface area (Å²) in [5.74, 6) is 0.382. The Morgan fingerprint density at radius 3 is 2.59 bits per heavy atom. The van der Waals surface area contributed by atoms with E-state index in [9.17, 15) is 4.79 Å². The van der Waals surface area contributed by atoms with Gasteiger partial charge in [-0.15, -0.1) is 23.7 Å². The second-order valence-corrected chi connectivity index (χ2v) is 6.19. The van der Waals surface area contributed by atoms with Crippen LogP contribution in [-0.2, 0) is 13.0 Å². The summed E-state index contributed by atoms with van der Waals surface area (Å²) in [6.45, 7) is 5.40. The highest BCUT2D eigenvalue weighted by atomic mass is 35.5. The van der Waals surface area contributed by atoms with Crippen LogP contribution in [0.3, 0.4) is 0 Å². The number of rotatable bonds is 6. The van der Waals surface area contributed by atoms with Crippen molar-refractivity contribution in [3.8, 4) is 0 Å². The lowest BCUT2D eigenvalue weighted by Gasteiger charge is -2.07. The highest BCUT2D eigenvalue weighted by molar-refractivity contribution is 7.09. The summed E-state index contributed by atoms with van der Waals surface area (Å²) < 4.78 is 0. The van der Waals surface area contributed by atoms with Crippen molar-refractivity contribution < 1.29 is 4.79 Å². The molecule has 22 heavy (non-hydrogen) atoms. The third kappa shape index (κ3) is 5.09. The molecule has 0 aliphatic rings. The summed E-state index contributed by atoms with van der Waals surface area (Å²) in [6, 6.07) is 8.32. The van der Waals surface area contributed by atoms with Crippen molar-refractivity contribution in [1.82, 2.24) is 10.3 Å². The number of nitrogens with two attached hydrogens (primary N) is 1. The van der Waals surface area contributed by atoms with Gasteiger partial charge in [0.15, 0.2) is 0 Å². The summed E-state index contributed by atoms with van der Waals surface area (Å²) in [5.41, 5.74) is 8.34. The van der Waals surface area contributed by atoms with Crippen LogP contribution in [0, 0.1) is 0 Å². The number of carbonyl (C=O) groups is 1. The predicted molar refractivity (Wildman–Crippen MR) is 93.8 cm³/mol. The van der Waals surface area contributed by atoms with Crippen LogP contribution in [0.5, 0.6) is 0 Å². The fraction of sp³-hybridized carbons (Fsp3) is 0.375. The van der Waals surface area contributed by atoms with Crippen LogP contribution in [-0.4, -0.2) is 17.4 Å². The molecule has 4 nitrogen and oxygen atoms in total. The molecule has 3 N–H and O–H groups in total. The zero-order chi connectivity index (χ0) is 15.2. The number of nitrogens with one attached hydrogen (secondary N) is 1. The van der Waals surface area contributed by atoms with Crippen LogP contribution in [0.25, 0.3) is 0 Å². The molecule has 1 aromatic carbocycles. The van der Waals surface area contributed by atoms with Gasteiger partial charge in [-0.3, -0.25) is 4.79 Å².